The van der Waals surface area contributed by atoms with Crippen LogP contribution >= 0.6 is 0 Å². The molecule has 1 aliphatic rings. The predicted molar refractivity (Wildman–Crippen MR) is 92.4 cm³/mol. The van der Waals surface area contributed by atoms with Crippen molar-refractivity contribution in [3.05, 3.63) is 47.5 Å². The van der Waals surface area contributed by atoms with E-state index in [1.165, 1.54) is 0 Å². The monoisotopic (exact) mass is 327 g/mol. The van der Waals surface area contributed by atoms with Crippen molar-refractivity contribution in [1.82, 2.24) is 25.4 Å². The van der Waals surface area contributed by atoms with Crippen molar-refractivity contribution >= 4 is 5.91 Å². The number of nitrogens with one attached hydrogen (secondary N) is 2. The normalized spacial score (nSPS) is 18.2. The number of aromatic nitrogens is 3. The second-order valence-electron chi connectivity index (χ2n) is 6.80. The summed E-state index contributed by atoms with van der Waals surface area (Å²) in [4.78, 5) is 18.9. The average molecular weight is 327 g/mol. The number of hydrogen-bond acceptors (Lipinski definition) is 4. The number of benzene rings is 1. The first-order valence-electron chi connectivity index (χ1n) is 8.60. The number of carbonyl (C=O) groups is 1. The van der Waals surface area contributed by atoms with Crippen molar-refractivity contribution in [3.8, 4) is 0 Å². The van der Waals surface area contributed by atoms with Crippen LogP contribution in [-0.4, -0.2) is 39.1 Å². The molecule has 2 heterocycles. The average Bonchev–Trinajstić information content (AvgIpc) is 3.24. The number of likely N-dealkylation sites (tertiary alicyclic amines) is 1. The lowest BCUT2D eigenvalue weighted by Crippen LogP contribution is -2.27. The van der Waals surface area contributed by atoms with E-state index < -0.39 is 0 Å². The van der Waals surface area contributed by atoms with Crippen molar-refractivity contribution < 1.29 is 4.79 Å². The maximum Gasteiger partial charge on any atom is 0.251 e. The molecule has 0 unspecified atom stereocenters. The van der Waals surface area contributed by atoms with E-state index in [1.807, 2.05) is 18.2 Å². The van der Waals surface area contributed by atoms with E-state index in [0.717, 1.165) is 42.9 Å². The molecule has 1 aromatic carbocycles. The molecule has 0 aliphatic carbocycles. The number of H-pyrrole nitrogens is 1. The van der Waals surface area contributed by atoms with Gasteiger partial charge in [0.2, 0.25) is 0 Å². The molecule has 1 amide bonds. The summed E-state index contributed by atoms with van der Waals surface area (Å²) >= 11 is 0. The maximum atomic E-state index is 12.2. The van der Waals surface area contributed by atoms with Crippen LogP contribution in [0.15, 0.2) is 30.6 Å². The first-order valence-corrected chi connectivity index (χ1v) is 8.60. The maximum absolute atomic E-state index is 12.2. The van der Waals surface area contributed by atoms with Crippen molar-refractivity contribution in [3.63, 3.8) is 0 Å². The second-order valence-corrected chi connectivity index (χ2v) is 6.80. The molecule has 2 N–H and O–H groups in total. The molecule has 0 saturated carbocycles. The minimum atomic E-state index is -0.00115. The fraction of sp³-hybridized carbons (Fsp3) is 0.500. The number of hydrogen-bond donors (Lipinski definition) is 2. The third-order valence-electron chi connectivity index (χ3n) is 4.36. The van der Waals surface area contributed by atoms with Crippen LogP contribution in [-0.2, 0) is 6.54 Å². The lowest BCUT2D eigenvalue weighted by atomic mass is 10.1. The van der Waals surface area contributed by atoms with Crippen molar-refractivity contribution in [1.29, 1.82) is 0 Å². The molecule has 1 atom stereocenters. The van der Waals surface area contributed by atoms with Crippen molar-refractivity contribution in [2.45, 2.75) is 39.3 Å². The number of rotatable bonds is 6. The Morgan fingerprint density at radius 3 is 3.08 bits per heavy atom. The van der Waals surface area contributed by atoms with E-state index in [4.69, 9.17) is 0 Å². The Balaban J connectivity index is 1.67. The summed E-state index contributed by atoms with van der Waals surface area (Å²) in [6.07, 6.45) is 3.80. The smallest absolute Gasteiger partial charge is 0.251 e. The van der Waals surface area contributed by atoms with Crippen molar-refractivity contribution in [2.24, 2.45) is 5.92 Å². The molecule has 1 saturated heterocycles. The van der Waals surface area contributed by atoms with Crippen LogP contribution in [0.5, 0.6) is 0 Å². The third kappa shape index (κ3) is 4.00. The summed E-state index contributed by atoms with van der Waals surface area (Å²) in [5.41, 5.74) is 1.88. The number of amides is 1. The molecule has 6 nitrogen and oxygen atoms in total. The summed E-state index contributed by atoms with van der Waals surface area (Å²) in [5.74, 6) is 1.38. The van der Waals surface area contributed by atoms with Gasteiger partial charge in [0.25, 0.3) is 5.91 Å². The zero-order valence-corrected chi connectivity index (χ0v) is 14.3. The highest BCUT2D eigenvalue weighted by molar-refractivity contribution is 5.94. The summed E-state index contributed by atoms with van der Waals surface area (Å²) < 4.78 is 0. The molecule has 3 rings (SSSR count). The molecular weight excluding hydrogens is 302 g/mol. The van der Waals surface area contributed by atoms with Crippen LogP contribution in [0.25, 0.3) is 0 Å². The standard InChI is InChI=1S/C18H25N5O/c1-13(2)10-19-18(24)15-6-3-5-14(9-15)11-23-8-4-7-16(23)17-20-12-21-22-17/h3,5-6,9,12-13,16H,4,7-8,10-11H2,1-2H3,(H,19,24)(H,20,21,22)/t16-/m0/s1. The SMILES string of the molecule is CC(C)CNC(=O)c1cccc(CN2CCC[C@H]2c2ncn[nH]2)c1. The van der Waals surface area contributed by atoms with Crippen LogP contribution in [0.1, 0.15) is 54.5 Å². The Labute approximate surface area is 142 Å². The van der Waals surface area contributed by atoms with E-state index >= 15 is 0 Å². The van der Waals surface area contributed by atoms with Gasteiger partial charge in [0.15, 0.2) is 0 Å². The van der Waals surface area contributed by atoms with Gasteiger partial charge < -0.3 is 5.32 Å². The molecule has 1 fully saturated rings. The summed E-state index contributed by atoms with van der Waals surface area (Å²) in [6.45, 7) is 6.73. The molecule has 2 aromatic rings. The topological polar surface area (TPSA) is 73.9 Å². The Morgan fingerprint density at radius 1 is 1.46 bits per heavy atom. The van der Waals surface area contributed by atoms with Gasteiger partial charge in [0.1, 0.15) is 12.2 Å². The number of carbonyl (C=O) groups excluding carboxylic acids is 1. The highest BCUT2D eigenvalue weighted by Crippen LogP contribution is 2.30. The van der Waals surface area contributed by atoms with Gasteiger partial charge in [-0.3, -0.25) is 14.8 Å². The Kier molecular flexibility index (Phi) is 5.25. The van der Waals surface area contributed by atoms with Gasteiger partial charge in [0.05, 0.1) is 6.04 Å². The molecule has 1 aromatic heterocycles. The highest BCUT2D eigenvalue weighted by Gasteiger charge is 2.28. The van der Waals surface area contributed by atoms with Gasteiger partial charge >= 0.3 is 0 Å². The largest absolute Gasteiger partial charge is 0.352 e. The van der Waals surface area contributed by atoms with Crippen LogP contribution < -0.4 is 5.32 Å². The fourth-order valence-electron chi connectivity index (χ4n) is 3.14. The lowest BCUT2D eigenvalue weighted by Gasteiger charge is -2.22. The lowest BCUT2D eigenvalue weighted by molar-refractivity contribution is 0.0949. The number of nitrogens with zero attached hydrogens (tertiary/aromatic N) is 3. The Hall–Kier alpha value is -2.21. The molecule has 0 bridgehead atoms. The van der Waals surface area contributed by atoms with Gasteiger partial charge in [-0.1, -0.05) is 26.0 Å². The number of aromatic amines is 1. The highest BCUT2D eigenvalue weighted by atomic mass is 16.1. The molecule has 1 aliphatic heterocycles. The summed E-state index contributed by atoms with van der Waals surface area (Å²) in [7, 11) is 0. The van der Waals surface area contributed by atoms with Crippen molar-refractivity contribution in [2.75, 3.05) is 13.1 Å². The Bertz CT molecular complexity index is 668. The fourth-order valence-corrected chi connectivity index (χ4v) is 3.14. The summed E-state index contributed by atoms with van der Waals surface area (Å²) in [6, 6.07) is 8.18. The van der Waals surface area contributed by atoms with E-state index in [0.29, 0.717) is 12.5 Å². The van der Waals surface area contributed by atoms with E-state index in [2.05, 4.69) is 45.3 Å². The van der Waals surface area contributed by atoms with Gasteiger partial charge in [-0.25, -0.2) is 4.98 Å². The third-order valence-corrected chi connectivity index (χ3v) is 4.36. The van der Waals surface area contributed by atoms with Crippen LogP contribution in [0.4, 0.5) is 0 Å². The van der Waals surface area contributed by atoms with E-state index in [1.54, 1.807) is 6.33 Å². The first kappa shape index (κ1) is 16.6. The van der Waals surface area contributed by atoms with Crippen LogP contribution in [0.3, 0.4) is 0 Å². The predicted octanol–water partition coefficient (Wildman–Crippen LogP) is 2.53. The minimum Gasteiger partial charge on any atom is -0.352 e. The first-order chi connectivity index (χ1) is 11.6. The van der Waals surface area contributed by atoms with Gasteiger partial charge in [0, 0.05) is 18.7 Å². The quantitative estimate of drug-likeness (QED) is 0.855. The molecular formula is C18H25N5O. The van der Waals surface area contributed by atoms with E-state index in [9.17, 15) is 4.79 Å². The molecule has 6 heteroatoms. The van der Waals surface area contributed by atoms with Crippen LogP contribution in [0, 0.1) is 5.92 Å². The Morgan fingerprint density at radius 2 is 2.33 bits per heavy atom. The molecule has 24 heavy (non-hydrogen) atoms. The van der Waals surface area contributed by atoms with Gasteiger partial charge in [-0.2, -0.15) is 5.10 Å². The molecule has 0 spiro atoms. The van der Waals surface area contributed by atoms with Crippen LogP contribution in [0.2, 0.25) is 0 Å². The van der Waals surface area contributed by atoms with Gasteiger partial charge in [-0.15, -0.1) is 0 Å². The summed E-state index contributed by atoms with van der Waals surface area (Å²) in [5, 5.41) is 9.92. The molecule has 0 radical (unpaired) electrons. The minimum absolute atomic E-state index is 0.00115. The second kappa shape index (κ2) is 7.57. The zero-order valence-electron chi connectivity index (χ0n) is 14.3. The van der Waals surface area contributed by atoms with E-state index in [-0.39, 0.29) is 11.9 Å². The zero-order chi connectivity index (χ0) is 16.9. The molecule has 128 valence electrons. The van der Waals surface area contributed by atoms with Gasteiger partial charge in [-0.05, 0) is 43.0 Å².